The molecule has 0 bridgehead atoms. The number of amides is 1. The number of rotatable bonds is 4. The third-order valence-corrected chi connectivity index (χ3v) is 4.12. The summed E-state index contributed by atoms with van der Waals surface area (Å²) in [5.74, 6) is -0.225. The molecule has 0 saturated carbocycles. The van der Waals surface area contributed by atoms with Crippen molar-refractivity contribution in [1.82, 2.24) is 20.0 Å². The van der Waals surface area contributed by atoms with Gasteiger partial charge in [-0.05, 0) is 40.6 Å². The van der Waals surface area contributed by atoms with Crippen LogP contribution in [-0.2, 0) is 6.54 Å². The molecule has 2 N–H and O–H groups in total. The Morgan fingerprint density at radius 3 is 2.91 bits per heavy atom. The highest BCUT2D eigenvalue weighted by Gasteiger charge is 2.13. The molecule has 3 rings (SSSR count). The van der Waals surface area contributed by atoms with Gasteiger partial charge in [0.15, 0.2) is 0 Å². The molecule has 0 aliphatic heterocycles. The van der Waals surface area contributed by atoms with E-state index < -0.39 is 0 Å². The number of anilines is 1. The standard InChI is InChI=1S/C15H14IN5O/c1-10-4-2-3-5-11(10)8-21-9-12(6-18-21)19-15(22)14-13(16)7-17-20-14/h2-7,9H,8H2,1H3,(H,17,20)(H,19,22). The van der Waals surface area contributed by atoms with E-state index in [4.69, 9.17) is 0 Å². The molecular weight excluding hydrogens is 393 g/mol. The first-order chi connectivity index (χ1) is 10.6. The second kappa shape index (κ2) is 6.30. The van der Waals surface area contributed by atoms with E-state index in [1.165, 1.54) is 11.1 Å². The van der Waals surface area contributed by atoms with Crippen molar-refractivity contribution in [3.63, 3.8) is 0 Å². The monoisotopic (exact) mass is 407 g/mol. The number of nitrogens with zero attached hydrogens (tertiary/aromatic N) is 3. The fourth-order valence-corrected chi connectivity index (χ4v) is 2.61. The highest BCUT2D eigenvalue weighted by molar-refractivity contribution is 14.1. The molecular formula is C15H14IN5O. The Bertz CT molecular complexity index is 808. The molecule has 0 unspecified atom stereocenters. The van der Waals surface area contributed by atoms with Crippen LogP contribution in [0.25, 0.3) is 0 Å². The average Bonchev–Trinajstić information content (AvgIpc) is 3.10. The predicted octanol–water partition coefficient (Wildman–Crippen LogP) is 2.82. The SMILES string of the molecule is Cc1ccccc1Cn1cc(NC(=O)c2[nH]ncc2I)cn1. The van der Waals surface area contributed by atoms with E-state index in [0.29, 0.717) is 17.9 Å². The predicted molar refractivity (Wildman–Crippen MR) is 91.8 cm³/mol. The van der Waals surface area contributed by atoms with Crippen LogP contribution in [0, 0.1) is 10.5 Å². The van der Waals surface area contributed by atoms with Gasteiger partial charge in [0.05, 0.1) is 28.2 Å². The molecule has 2 aromatic heterocycles. The topological polar surface area (TPSA) is 75.6 Å². The van der Waals surface area contributed by atoms with Gasteiger partial charge in [0, 0.05) is 6.20 Å². The number of benzene rings is 1. The Hall–Kier alpha value is -2.16. The summed E-state index contributed by atoms with van der Waals surface area (Å²) < 4.78 is 2.58. The van der Waals surface area contributed by atoms with Gasteiger partial charge in [0.2, 0.25) is 0 Å². The van der Waals surface area contributed by atoms with Crippen LogP contribution in [0.5, 0.6) is 0 Å². The fraction of sp³-hybridized carbons (Fsp3) is 0.133. The number of carbonyl (C=O) groups is 1. The Kier molecular flexibility index (Phi) is 4.23. The van der Waals surface area contributed by atoms with E-state index in [1.54, 1.807) is 17.1 Å². The number of aryl methyl sites for hydroxylation is 1. The van der Waals surface area contributed by atoms with Gasteiger partial charge in [0.1, 0.15) is 5.69 Å². The third kappa shape index (κ3) is 3.19. The maximum atomic E-state index is 12.1. The molecule has 2 heterocycles. The summed E-state index contributed by atoms with van der Waals surface area (Å²) >= 11 is 2.06. The Morgan fingerprint density at radius 1 is 1.36 bits per heavy atom. The van der Waals surface area contributed by atoms with Gasteiger partial charge in [-0.25, -0.2) is 0 Å². The molecule has 0 aliphatic carbocycles. The number of hydrogen-bond acceptors (Lipinski definition) is 3. The largest absolute Gasteiger partial charge is 0.318 e. The summed E-state index contributed by atoms with van der Waals surface area (Å²) in [6.45, 7) is 2.74. The second-order valence-corrected chi connectivity index (χ2v) is 6.06. The summed E-state index contributed by atoms with van der Waals surface area (Å²) in [5, 5.41) is 13.6. The number of nitrogens with one attached hydrogen (secondary N) is 2. The molecule has 3 aromatic rings. The average molecular weight is 407 g/mol. The molecule has 0 radical (unpaired) electrons. The lowest BCUT2D eigenvalue weighted by molar-refractivity contribution is 0.102. The second-order valence-electron chi connectivity index (χ2n) is 4.90. The lowest BCUT2D eigenvalue weighted by atomic mass is 10.1. The Morgan fingerprint density at radius 2 is 2.18 bits per heavy atom. The third-order valence-electron chi connectivity index (χ3n) is 3.30. The maximum absolute atomic E-state index is 12.1. The van der Waals surface area contributed by atoms with E-state index >= 15 is 0 Å². The molecule has 22 heavy (non-hydrogen) atoms. The summed E-state index contributed by atoms with van der Waals surface area (Å²) in [7, 11) is 0. The van der Waals surface area contributed by atoms with Crippen LogP contribution in [0.2, 0.25) is 0 Å². The van der Waals surface area contributed by atoms with Gasteiger partial charge >= 0.3 is 0 Å². The van der Waals surface area contributed by atoms with E-state index in [9.17, 15) is 4.79 Å². The molecule has 6 nitrogen and oxygen atoms in total. The van der Waals surface area contributed by atoms with E-state index in [0.717, 1.165) is 3.57 Å². The van der Waals surface area contributed by atoms with Crippen molar-refractivity contribution in [2.75, 3.05) is 5.32 Å². The van der Waals surface area contributed by atoms with Gasteiger partial charge in [0.25, 0.3) is 5.91 Å². The minimum atomic E-state index is -0.225. The van der Waals surface area contributed by atoms with Crippen molar-refractivity contribution in [3.8, 4) is 0 Å². The maximum Gasteiger partial charge on any atom is 0.274 e. The minimum absolute atomic E-state index is 0.225. The number of aromatic amines is 1. The van der Waals surface area contributed by atoms with Crippen LogP contribution in [0.3, 0.4) is 0 Å². The Balaban J connectivity index is 1.70. The van der Waals surface area contributed by atoms with Crippen LogP contribution < -0.4 is 5.32 Å². The van der Waals surface area contributed by atoms with Crippen LogP contribution in [0.1, 0.15) is 21.6 Å². The first-order valence-corrected chi connectivity index (χ1v) is 7.78. The van der Waals surface area contributed by atoms with Crippen molar-refractivity contribution in [2.45, 2.75) is 13.5 Å². The molecule has 0 aliphatic rings. The Labute approximate surface area is 141 Å². The number of halogens is 1. The van der Waals surface area contributed by atoms with Crippen molar-refractivity contribution in [1.29, 1.82) is 0 Å². The zero-order valence-corrected chi connectivity index (χ0v) is 14.0. The van der Waals surface area contributed by atoms with Gasteiger partial charge in [-0.15, -0.1) is 0 Å². The highest BCUT2D eigenvalue weighted by Crippen LogP contribution is 2.13. The van der Waals surface area contributed by atoms with Crippen LogP contribution in [0.15, 0.2) is 42.9 Å². The molecule has 0 saturated heterocycles. The normalized spacial score (nSPS) is 10.6. The van der Waals surface area contributed by atoms with Crippen LogP contribution in [-0.4, -0.2) is 25.9 Å². The van der Waals surface area contributed by atoms with Crippen LogP contribution in [0.4, 0.5) is 5.69 Å². The van der Waals surface area contributed by atoms with Gasteiger partial charge in [-0.3, -0.25) is 14.6 Å². The van der Waals surface area contributed by atoms with Crippen molar-refractivity contribution in [2.24, 2.45) is 0 Å². The van der Waals surface area contributed by atoms with Gasteiger partial charge in [-0.2, -0.15) is 10.2 Å². The summed E-state index contributed by atoms with van der Waals surface area (Å²) in [4.78, 5) is 12.1. The van der Waals surface area contributed by atoms with Crippen molar-refractivity contribution < 1.29 is 4.79 Å². The molecule has 7 heteroatoms. The smallest absolute Gasteiger partial charge is 0.274 e. The summed E-state index contributed by atoms with van der Waals surface area (Å²) in [6, 6.07) is 8.16. The molecule has 112 valence electrons. The summed E-state index contributed by atoms with van der Waals surface area (Å²) in [6.07, 6.45) is 5.06. The van der Waals surface area contributed by atoms with Crippen LogP contribution >= 0.6 is 22.6 Å². The first kappa shape index (κ1) is 14.8. The molecule has 1 aromatic carbocycles. The van der Waals surface area contributed by atoms with Crippen molar-refractivity contribution >= 4 is 34.2 Å². The molecule has 0 spiro atoms. The van der Waals surface area contributed by atoms with Gasteiger partial charge < -0.3 is 5.32 Å². The van der Waals surface area contributed by atoms with E-state index in [-0.39, 0.29) is 5.91 Å². The zero-order valence-electron chi connectivity index (χ0n) is 11.9. The lowest BCUT2D eigenvalue weighted by Crippen LogP contribution is -2.13. The lowest BCUT2D eigenvalue weighted by Gasteiger charge is -2.05. The number of aromatic nitrogens is 4. The molecule has 0 fully saturated rings. The van der Waals surface area contributed by atoms with Crippen molar-refractivity contribution in [3.05, 3.63) is 63.2 Å². The minimum Gasteiger partial charge on any atom is -0.318 e. The number of H-pyrrole nitrogens is 1. The quantitative estimate of drug-likeness (QED) is 0.654. The number of carbonyl (C=O) groups excluding carboxylic acids is 1. The number of hydrogen-bond donors (Lipinski definition) is 2. The summed E-state index contributed by atoms with van der Waals surface area (Å²) in [5.41, 5.74) is 3.53. The fourth-order valence-electron chi connectivity index (χ4n) is 2.10. The first-order valence-electron chi connectivity index (χ1n) is 6.70. The van der Waals surface area contributed by atoms with Gasteiger partial charge in [-0.1, -0.05) is 24.3 Å². The molecule has 0 atom stereocenters. The molecule has 1 amide bonds. The zero-order chi connectivity index (χ0) is 15.5. The highest BCUT2D eigenvalue weighted by atomic mass is 127. The van der Waals surface area contributed by atoms with E-state index in [1.807, 2.05) is 18.3 Å². The van der Waals surface area contributed by atoms with E-state index in [2.05, 4.69) is 62.3 Å².